The van der Waals surface area contributed by atoms with Gasteiger partial charge in [0.2, 0.25) is 0 Å². The van der Waals surface area contributed by atoms with Crippen molar-refractivity contribution in [3.8, 4) is 0 Å². The first-order chi connectivity index (χ1) is 15.4. The summed E-state index contributed by atoms with van der Waals surface area (Å²) in [4.78, 5) is 44.2. The molecule has 2 heterocycles. The topological polar surface area (TPSA) is 79.4 Å². The Balaban J connectivity index is 1.44. The molecule has 0 radical (unpaired) electrons. The lowest BCUT2D eigenvalue weighted by molar-refractivity contribution is 0.0925. The van der Waals surface area contributed by atoms with Gasteiger partial charge >= 0.3 is 0 Å². The molecule has 6 nitrogen and oxygen atoms in total. The number of pyridine rings is 1. The molecule has 0 unspecified atom stereocenters. The van der Waals surface area contributed by atoms with E-state index in [2.05, 4.69) is 10.3 Å². The Kier molecular flexibility index (Phi) is 4.56. The number of anilines is 2. The summed E-state index contributed by atoms with van der Waals surface area (Å²) in [6, 6.07) is 21.2. The van der Waals surface area contributed by atoms with E-state index in [1.165, 1.54) is 0 Å². The fraction of sp³-hybridized carbons (Fsp3) is 0.0769. The summed E-state index contributed by atoms with van der Waals surface area (Å²) < 4.78 is 0. The number of carbonyl (C=O) groups is 3. The molecule has 4 aromatic rings. The fourth-order valence-electron chi connectivity index (χ4n) is 3.95. The van der Waals surface area contributed by atoms with Crippen LogP contribution in [0, 0.1) is 13.8 Å². The standard InChI is InChI=1S/C26H19N3O3/c1-15-10-11-17-13-22(16(2)27-23(17)12-15)24(30)28-18-6-5-7-19(14-18)29-25(31)20-8-3-4-9-21(20)26(29)32/h3-14H,1-2H3,(H,28,30). The quantitative estimate of drug-likeness (QED) is 0.477. The van der Waals surface area contributed by atoms with Crippen LogP contribution < -0.4 is 10.2 Å². The van der Waals surface area contributed by atoms with Crippen LogP contribution in [0.1, 0.15) is 42.3 Å². The largest absolute Gasteiger partial charge is 0.322 e. The molecule has 0 bridgehead atoms. The molecule has 0 saturated heterocycles. The average Bonchev–Trinajstić information content (AvgIpc) is 3.03. The van der Waals surface area contributed by atoms with Crippen LogP contribution in [-0.4, -0.2) is 22.7 Å². The molecule has 156 valence electrons. The maximum absolute atomic E-state index is 13.0. The second-order valence-electron chi connectivity index (χ2n) is 7.81. The number of hydrogen-bond donors (Lipinski definition) is 1. The van der Waals surface area contributed by atoms with Gasteiger partial charge in [-0.2, -0.15) is 0 Å². The first-order valence-electron chi connectivity index (χ1n) is 10.2. The van der Waals surface area contributed by atoms with Crippen molar-refractivity contribution in [2.75, 3.05) is 10.2 Å². The number of carbonyl (C=O) groups excluding carboxylic acids is 3. The molecule has 1 N–H and O–H groups in total. The van der Waals surface area contributed by atoms with Gasteiger partial charge in [0.15, 0.2) is 0 Å². The van der Waals surface area contributed by atoms with Gasteiger partial charge in [0.25, 0.3) is 17.7 Å². The number of imide groups is 1. The van der Waals surface area contributed by atoms with Crippen LogP contribution in [0.3, 0.4) is 0 Å². The van der Waals surface area contributed by atoms with Crippen molar-refractivity contribution in [2.45, 2.75) is 13.8 Å². The number of aryl methyl sites for hydroxylation is 2. The Morgan fingerprint density at radius 2 is 1.56 bits per heavy atom. The van der Waals surface area contributed by atoms with E-state index in [1.807, 2.05) is 31.2 Å². The van der Waals surface area contributed by atoms with Crippen LogP contribution in [0.2, 0.25) is 0 Å². The number of aromatic nitrogens is 1. The molecule has 1 aromatic heterocycles. The minimum atomic E-state index is -0.376. The zero-order chi connectivity index (χ0) is 22.4. The minimum Gasteiger partial charge on any atom is -0.322 e. The normalized spacial score (nSPS) is 12.9. The first-order valence-corrected chi connectivity index (χ1v) is 10.2. The van der Waals surface area contributed by atoms with Gasteiger partial charge in [-0.05, 0) is 61.9 Å². The Hall–Kier alpha value is -4.32. The zero-order valence-electron chi connectivity index (χ0n) is 17.5. The van der Waals surface area contributed by atoms with Gasteiger partial charge in [0.1, 0.15) is 0 Å². The molecule has 3 aromatic carbocycles. The van der Waals surface area contributed by atoms with Crippen LogP contribution in [-0.2, 0) is 0 Å². The molecule has 32 heavy (non-hydrogen) atoms. The van der Waals surface area contributed by atoms with E-state index in [-0.39, 0.29) is 17.7 Å². The molecule has 3 amide bonds. The van der Waals surface area contributed by atoms with Gasteiger partial charge < -0.3 is 5.32 Å². The molecule has 0 aliphatic carbocycles. The highest BCUT2D eigenvalue weighted by atomic mass is 16.2. The van der Waals surface area contributed by atoms with Crippen LogP contribution in [0.5, 0.6) is 0 Å². The van der Waals surface area contributed by atoms with Crippen LogP contribution in [0.25, 0.3) is 10.9 Å². The van der Waals surface area contributed by atoms with Gasteiger partial charge in [-0.25, -0.2) is 4.90 Å². The molecular weight excluding hydrogens is 402 g/mol. The SMILES string of the molecule is Cc1ccc2cc(C(=O)Nc3cccc(N4C(=O)c5ccccc5C4=O)c3)c(C)nc2c1. The Bertz CT molecular complexity index is 1410. The highest BCUT2D eigenvalue weighted by Crippen LogP contribution is 2.30. The van der Waals surface area contributed by atoms with E-state index >= 15 is 0 Å². The third-order valence-electron chi connectivity index (χ3n) is 5.56. The highest BCUT2D eigenvalue weighted by molar-refractivity contribution is 6.34. The summed E-state index contributed by atoms with van der Waals surface area (Å²) >= 11 is 0. The van der Waals surface area contributed by atoms with Crippen molar-refractivity contribution in [2.24, 2.45) is 0 Å². The summed E-state index contributed by atoms with van der Waals surface area (Å²) in [6.07, 6.45) is 0. The highest BCUT2D eigenvalue weighted by Gasteiger charge is 2.36. The summed E-state index contributed by atoms with van der Waals surface area (Å²) in [5.74, 6) is -1.06. The molecule has 5 rings (SSSR count). The molecule has 1 aliphatic heterocycles. The van der Waals surface area contributed by atoms with Gasteiger partial charge in [0, 0.05) is 11.1 Å². The maximum Gasteiger partial charge on any atom is 0.266 e. The average molecular weight is 421 g/mol. The Morgan fingerprint density at radius 1 is 0.844 bits per heavy atom. The number of hydrogen-bond acceptors (Lipinski definition) is 4. The molecule has 0 spiro atoms. The fourth-order valence-corrected chi connectivity index (χ4v) is 3.95. The first kappa shape index (κ1) is 19.6. The summed E-state index contributed by atoms with van der Waals surface area (Å²) in [5, 5.41) is 3.74. The van der Waals surface area contributed by atoms with E-state index < -0.39 is 0 Å². The molecule has 6 heteroatoms. The van der Waals surface area contributed by atoms with Gasteiger partial charge in [-0.1, -0.05) is 30.3 Å². The lowest BCUT2D eigenvalue weighted by Crippen LogP contribution is -2.29. The minimum absolute atomic E-state index is 0.308. The molecule has 0 fully saturated rings. The summed E-state index contributed by atoms with van der Waals surface area (Å²) in [7, 11) is 0. The van der Waals surface area contributed by atoms with E-state index in [9.17, 15) is 14.4 Å². The maximum atomic E-state index is 13.0. The summed E-state index contributed by atoms with van der Waals surface area (Å²) in [5.41, 5.74) is 4.66. The van der Waals surface area contributed by atoms with Crippen molar-refractivity contribution < 1.29 is 14.4 Å². The monoisotopic (exact) mass is 421 g/mol. The van der Waals surface area contributed by atoms with Crippen LogP contribution >= 0.6 is 0 Å². The number of nitrogens with one attached hydrogen (secondary N) is 1. The van der Waals surface area contributed by atoms with Crippen molar-refractivity contribution in [3.63, 3.8) is 0 Å². The van der Waals surface area contributed by atoms with E-state index in [0.29, 0.717) is 33.8 Å². The second-order valence-corrected chi connectivity index (χ2v) is 7.81. The number of amides is 3. The predicted molar refractivity (Wildman–Crippen MR) is 123 cm³/mol. The number of nitrogens with zero attached hydrogens (tertiary/aromatic N) is 2. The van der Waals surface area contributed by atoms with Crippen LogP contribution in [0.4, 0.5) is 11.4 Å². The van der Waals surface area contributed by atoms with Crippen molar-refractivity contribution in [3.05, 3.63) is 101 Å². The lowest BCUT2D eigenvalue weighted by Gasteiger charge is -2.15. The molecule has 0 atom stereocenters. The Morgan fingerprint density at radius 3 is 2.28 bits per heavy atom. The van der Waals surface area contributed by atoms with Crippen molar-refractivity contribution >= 4 is 40.0 Å². The summed E-state index contributed by atoms with van der Waals surface area (Å²) in [6.45, 7) is 3.80. The van der Waals surface area contributed by atoms with Crippen LogP contribution in [0.15, 0.2) is 72.8 Å². The third kappa shape index (κ3) is 3.22. The van der Waals surface area contributed by atoms with E-state index in [0.717, 1.165) is 21.4 Å². The smallest absolute Gasteiger partial charge is 0.266 e. The third-order valence-corrected chi connectivity index (χ3v) is 5.56. The lowest BCUT2D eigenvalue weighted by atomic mass is 10.1. The van der Waals surface area contributed by atoms with E-state index in [4.69, 9.17) is 0 Å². The van der Waals surface area contributed by atoms with Gasteiger partial charge in [-0.15, -0.1) is 0 Å². The Labute approximate surface area is 184 Å². The number of benzene rings is 3. The molecule has 1 aliphatic rings. The molecular formula is C26H19N3O3. The zero-order valence-corrected chi connectivity index (χ0v) is 17.5. The number of rotatable bonds is 3. The second kappa shape index (κ2) is 7.42. The van der Waals surface area contributed by atoms with Gasteiger partial charge in [-0.3, -0.25) is 19.4 Å². The predicted octanol–water partition coefficient (Wildman–Crippen LogP) is 4.90. The number of fused-ring (bicyclic) bond motifs is 2. The molecule has 0 saturated carbocycles. The van der Waals surface area contributed by atoms with Gasteiger partial charge in [0.05, 0.1) is 33.6 Å². The van der Waals surface area contributed by atoms with E-state index in [1.54, 1.807) is 55.5 Å². The van der Waals surface area contributed by atoms with Crippen molar-refractivity contribution in [1.29, 1.82) is 0 Å². The van der Waals surface area contributed by atoms with Crippen molar-refractivity contribution in [1.82, 2.24) is 4.98 Å².